The highest BCUT2D eigenvalue weighted by Crippen LogP contribution is 2.26. The van der Waals surface area contributed by atoms with Crippen molar-refractivity contribution in [2.24, 2.45) is 0 Å². The molecule has 2 rings (SSSR count). The SMILES string of the molecule is CCCCCC[C@H](O)c1cc(OC)c(COCC2=C(C)CCC2=O)c(=O)o1. The third kappa shape index (κ3) is 5.78. The first-order valence-electron chi connectivity index (χ1n) is 9.66. The molecular formula is C21H30O6. The van der Waals surface area contributed by atoms with Crippen LogP contribution in [0.15, 0.2) is 26.4 Å². The van der Waals surface area contributed by atoms with Crippen LogP contribution in [-0.4, -0.2) is 24.6 Å². The number of carbonyl (C=O) groups is 1. The van der Waals surface area contributed by atoms with E-state index in [-0.39, 0.29) is 30.3 Å². The van der Waals surface area contributed by atoms with Crippen LogP contribution in [0.25, 0.3) is 0 Å². The summed E-state index contributed by atoms with van der Waals surface area (Å²) in [6.07, 6.45) is 5.15. The van der Waals surface area contributed by atoms with Gasteiger partial charge in [-0.25, -0.2) is 4.79 Å². The Morgan fingerprint density at radius 2 is 1.96 bits per heavy atom. The van der Waals surface area contributed by atoms with E-state index in [1.54, 1.807) is 6.07 Å². The molecule has 0 unspecified atom stereocenters. The zero-order valence-electron chi connectivity index (χ0n) is 16.5. The number of hydrogen-bond donors (Lipinski definition) is 1. The molecule has 0 saturated carbocycles. The van der Waals surface area contributed by atoms with E-state index < -0.39 is 11.7 Å². The maximum Gasteiger partial charge on any atom is 0.345 e. The number of rotatable bonds is 11. The van der Waals surface area contributed by atoms with Gasteiger partial charge in [-0.2, -0.15) is 0 Å². The van der Waals surface area contributed by atoms with Gasteiger partial charge in [0.25, 0.3) is 0 Å². The van der Waals surface area contributed by atoms with Crippen LogP contribution in [-0.2, 0) is 16.1 Å². The number of aliphatic hydroxyl groups excluding tert-OH is 1. The summed E-state index contributed by atoms with van der Waals surface area (Å²) in [6, 6.07) is 1.55. The van der Waals surface area contributed by atoms with Gasteiger partial charge in [0, 0.05) is 18.1 Å². The fraction of sp³-hybridized carbons (Fsp3) is 0.619. The molecule has 0 amide bonds. The molecule has 0 radical (unpaired) electrons. The van der Waals surface area contributed by atoms with Gasteiger partial charge in [-0.05, 0) is 19.8 Å². The van der Waals surface area contributed by atoms with Crippen LogP contribution < -0.4 is 10.4 Å². The normalized spacial score (nSPS) is 15.5. The first-order valence-corrected chi connectivity index (χ1v) is 9.66. The van der Waals surface area contributed by atoms with E-state index in [9.17, 15) is 14.7 Å². The molecular weight excluding hydrogens is 348 g/mol. The van der Waals surface area contributed by atoms with Gasteiger partial charge < -0.3 is 19.0 Å². The lowest BCUT2D eigenvalue weighted by Gasteiger charge is -2.13. The molecule has 0 saturated heterocycles. The Kier molecular flexibility index (Phi) is 8.25. The minimum atomic E-state index is -0.831. The van der Waals surface area contributed by atoms with Crippen molar-refractivity contribution in [3.63, 3.8) is 0 Å². The summed E-state index contributed by atoms with van der Waals surface area (Å²) in [4.78, 5) is 24.1. The Labute approximate surface area is 160 Å². The lowest BCUT2D eigenvalue weighted by atomic mass is 10.1. The summed E-state index contributed by atoms with van der Waals surface area (Å²) in [7, 11) is 1.46. The Hall–Kier alpha value is -1.92. The van der Waals surface area contributed by atoms with E-state index in [1.807, 2.05) is 6.92 Å². The zero-order valence-corrected chi connectivity index (χ0v) is 16.5. The van der Waals surface area contributed by atoms with Crippen LogP contribution in [0.4, 0.5) is 0 Å². The minimum absolute atomic E-state index is 0.0115. The summed E-state index contributed by atoms with van der Waals surface area (Å²) in [6.45, 7) is 4.22. The molecule has 1 N–H and O–H groups in total. The number of carbonyl (C=O) groups excluding carboxylic acids is 1. The molecule has 0 aromatic carbocycles. The molecule has 0 aliphatic heterocycles. The molecule has 150 valence electrons. The topological polar surface area (TPSA) is 86.0 Å². The maximum atomic E-state index is 12.3. The number of ketones is 1. The molecule has 0 bridgehead atoms. The molecule has 1 aliphatic carbocycles. The quantitative estimate of drug-likeness (QED) is 0.589. The summed E-state index contributed by atoms with van der Waals surface area (Å²) in [5, 5.41) is 10.3. The highest BCUT2D eigenvalue weighted by molar-refractivity contribution is 5.98. The standard InChI is InChI=1S/C21H30O6/c1-4-5-6-7-8-18(23)20-11-19(25-3)16(21(24)27-20)13-26-12-15-14(2)9-10-17(15)22/h11,18,23H,4-10,12-13H2,1-3H3/t18-/m0/s1. The van der Waals surface area contributed by atoms with Crippen LogP contribution in [0, 0.1) is 0 Å². The lowest BCUT2D eigenvalue weighted by Crippen LogP contribution is -2.15. The van der Waals surface area contributed by atoms with E-state index in [0.717, 1.165) is 37.7 Å². The van der Waals surface area contributed by atoms with Crippen LogP contribution >= 0.6 is 0 Å². The van der Waals surface area contributed by atoms with Crippen molar-refractivity contribution in [2.75, 3.05) is 13.7 Å². The molecule has 0 fully saturated rings. The van der Waals surface area contributed by atoms with Crippen LogP contribution in [0.5, 0.6) is 5.75 Å². The second kappa shape index (κ2) is 10.4. The summed E-state index contributed by atoms with van der Waals surface area (Å²) < 4.78 is 16.2. The zero-order chi connectivity index (χ0) is 19.8. The highest BCUT2D eigenvalue weighted by Gasteiger charge is 2.21. The maximum absolute atomic E-state index is 12.3. The number of aliphatic hydroxyl groups is 1. The van der Waals surface area contributed by atoms with Crippen LogP contribution in [0.1, 0.15) is 76.2 Å². The fourth-order valence-corrected chi connectivity index (χ4v) is 3.20. The number of unbranched alkanes of at least 4 members (excludes halogenated alkanes) is 3. The van der Waals surface area contributed by atoms with Gasteiger partial charge in [0.05, 0.1) is 20.3 Å². The minimum Gasteiger partial charge on any atom is -0.496 e. The molecule has 1 heterocycles. The molecule has 1 aromatic heterocycles. The number of Topliss-reactive ketones (excluding diaryl/α,β-unsaturated/α-hetero) is 1. The molecule has 1 aromatic rings. The van der Waals surface area contributed by atoms with E-state index in [0.29, 0.717) is 24.2 Å². The van der Waals surface area contributed by atoms with Gasteiger partial charge in [-0.3, -0.25) is 4.79 Å². The van der Waals surface area contributed by atoms with E-state index in [2.05, 4.69) is 6.92 Å². The van der Waals surface area contributed by atoms with Crippen LogP contribution in [0.3, 0.4) is 0 Å². The summed E-state index contributed by atoms with van der Waals surface area (Å²) in [5.41, 5.74) is 1.40. The molecule has 1 atom stereocenters. The van der Waals surface area contributed by atoms with E-state index in [4.69, 9.17) is 13.9 Å². The van der Waals surface area contributed by atoms with Crippen molar-refractivity contribution in [3.8, 4) is 5.75 Å². The van der Waals surface area contributed by atoms with Crippen molar-refractivity contribution in [1.29, 1.82) is 0 Å². The van der Waals surface area contributed by atoms with Crippen molar-refractivity contribution >= 4 is 5.78 Å². The Balaban J connectivity index is 2.01. The molecule has 0 spiro atoms. The van der Waals surface area contributed by atoms with Gasteiger partial charge in [0.1, 0.15) is 23.2 Å². The van der Waals surface area contributed by atoms with Crippen LogP contribution in [0.2, 0.25) is 0 Å². The second-order valence-corrected chi connectivity index (χ2v) is 7.02. The average molecular weight is 378 g/mol. The van der Waals surface area contributed by atoms with Gasteiger partial charge in [0.15, 0.2) is 5.78 Å². The molecule has 1 aliphatic rings. The monoisotopic (exact) mass is 378 g/mol. The number of allylic oxidation sites excluding steroid dienone is 1. The third-order valence-corrected chi connectivity index (χ3v) is 4.98. The van der Waals surface area contributed by atoms with Crippen molar-refractivity contribution < 1.29 is 23.8 Å². The molecule has 6 nitrogen and oxygen atoms in total. The Morgan fingerprint density at radius 1 is 1.19 bits per heavy atom. The second-order valence-electron chi connectivity index (χ2n) is 7.02. The first-order chi connectivity index (χ1) is 13.0. The lowest BCUT2D eigenvalue weighted by molar-refractivity contribution is -0.115. The fourth-order valence-electron chi connectivity index (χ4n) is 3.20. The van der Waals surface area contributed by atoms with Gasteiger partial charge in [-0.15, -0.1) is 0 Å². The van der Waals surface area contributed by atoms with E-state index >= 15 is 0 Å². The highest BCUT2D eigenvalue weighted by atomic mass is 16.5. The van der Waals surface area contributed by atoms with Gasteiger partial charge >= 0.3 is 5.63 Å². The number of ether oxygens (including phenoxy) is 2. The van der Waals surface area contributed by atoms with Crippen molar-refractivity contribution in [3.05, 3.63) is 39.0 Å². The first kappa shape index (κ1) is 21.4. The van der Waals surface area contributed by atoms with Crippen molar-refractivity contribution in [2.45, 2.75) is 71.5 Å². The number of hydrogen-bond acceptors (Lipinski definition) is 6. The predicted octanol–water partition coefficient (Wildman–Crippen LogP) is 3.85. The smallest absolute Gasteiger partial charge is 0.345 e. The summed E-state index contributed by atoms with van der Waals surface area (Å²) >= 11 is 0. The third-order valence-electron chi connectivity index (χ3n) is 4.98. The Bertz CT molecular complexity index is 731. The van der Waals surface area contributed by atoms with Crippen molar-refractivity contribution in [1.82, 2.24) is 0 Å². The average Bonchev–Trinajstić information content (AvgIpc) is 2.97. The largest absolute Gasteiger partial charge is 0.496 e. The number of methoxy groups -OCH3 is 1. The Morgan fingerprint density at radius 3 is 2.59 bits per heavy atom. The van der Waals surface area contributed by atoms with Gasteiger partial charge in [-0.1, -0.05) is 38.2 Å². The molecule has 27 heavy (non-hydrogen) atoms. The molecule has 6 heteroatoms. The van der Waals surface area contributed by atoms with Gasteiger partial charge in [0.2, 0.25) is 0 Å². The predicted molar refractivity (Wildman–Crippen MR) is 102 cm³/mol. The van der Waals surface area contributed by atoms with E-state index in [1.165, 1.54) is 7.11 Å². The summed E-state index contributed by atoms with van der Waals surface area (Å²) in [5.74, 6) is 0.645.